The first-order valence-electron chi connectivity index (χ1n) is 10.1. The van der Waals surface area contributed by atoms with Crippen LogP contribution in [0.2, 0.25) is 0 Å². The van der Waals surface area contributed by atoms with E-state index < -0.39 is 60.2 Å². The number of carbonyl (C=O) groups is 5. The van der Waals surface area contributed by atoms with Crippen LogP contribution in [0.4, 0.5) is 0 Å². The first-order chi connectivity index (χ1) is 15.0. The molecule has 0 spiro atoms. The Balaban J connectivity index is 2.99. The lowest BCUT2D eigenvalue weighted by Gasteiger charge is -2.27. The van der Waals surface area contributed by atoms with Crippen molar-refractivity contribution in [3.8, 4) is 0 Å². The van der Waals surface area contributed by atoms with Crippen LogP contribution in [0.15, 0.2) is 12.5 Å². The Kier molecular flexibility index (Phi) is 10.3. The highest BCUT2D eigenvalue weighted by molar-refractivity contribution is 5.96. The number of amides is 4. The van der Waals surface area contributed by atoms with E-state index in [2.05, 4.69) is 25.9 Å². The van der Waals surface area contributed by atoms with Gasteiger partial charge in [0.05, 0.1) is 18.8 Å². The molecule has 0 aliphatic carbocycles. The molecule has 0 aliphatic heterocycles. The summed E-state index contributed by atoms with van der Waals surface area (Å²) in [6.07, 6.45) is 2.75. The van der Waals surface area contributed by atoms with E-state index in [1.165, 1.54) is 19.4 Å². The van der Waals surface area contributed by atoms with Gasteiger partial charge in [-0.05, 0) is 12.8 Å². The predicted molar refractivity (Wildman–Crippen MR) is 113 cm³/mol. The first kappa shape index (κ1) is 26.6. The van der Waals surface area contributed by atoms with Crippen molar-refractivity contribution in [2.24, 2.45) is 17.4 Å². The van der Waals surface area contributed by atoms with Gasteiger partial charge in [0.2, 0.25) is 23.6 Å². The number of aromatic amines is 1. The van der Waals surface area contributed by atoms with E-state index in [1.807, 2.05) is 0 Å². The molecule has 5 unspecified atom stereocenters. The maximum Gasteiger partial charge on any atom is 0.326 e. The second-order valence-electron chi connectivity index (χ2n) is 7.57. The number of primary amides is 1. The van der Waals surface area contributed by atoms with E-state index in [0.717, 1.165) is 0 Å². The summed E-state index contributed by atoms with van der Waals surface area (Å²) in [5, 5.41) is 16.7. The number of aliphatic carboxylic acids is 1. The molecule has 0 bridgehead atoms. The molecule has 4 amide bonds. The van der Waals surface area contributed by atoms with Crippen molar-refractivity contribution in [2.45, 2.75) is 64.2 Å². The summed E-state index contributed by atoms with van der Waals surface area (Å²) in [7, 11) is 0. The second kappa shape index (κ2) is 12.4. The quantitative estimate of drug-likeness (QED) is 0.172. The summed E-state index contributed by atoms with van der Waals surface area (Å²) < 4.78 is 0. The molecule has 1 rings (SSSR count). The van der Waals surface area contributed by atoms with Gasteiger partial charge in [-0.25, -0.2) is 9.78 Å². The fraction of sp³-hybridized carbons (Fsp3) is 0.579. The first-order valence-corrected chi connectivity index (χ1v) is 10.1. The van der Waals surface area contributed by atoms with Gasteiger partial charge in [0.1, 0.15) is 18.1 Å². The molecule has 9 N–H and O–H groups in total. The monoisotopic (exact) mass is 453 g/mol. The molecular formula is C19H31N7O6. The maximum absolute atomic E-state index is 12.9. The number of nitrogens with zero attached hydrogens (tertiary/aromatic N) is 1. The Labute approximate surface area is 185 Å². The third kappa shape index (κ3) is 8.34. The molecule has 0 aromatic carbocycles. The zero-order valence-electron chi connectivity index (χ0n) is 18.3. The van der Waals surface area contributed by atoms with E-state index in [0.29, 0.717) is 12.1 Å². The highest BCUT2D eigenvalue weighted by Gasteiger charge is 2.33. The van der Waals surface area contributed by atoms with Crippen LogP contribution in [0.1, 0.15) is 39.3 Å². The van der Waals surface area contributed by atoms with Crippen molar-refractivity contribution in [1.82, 2.24) is 25.9 Å². The normalized spacial score (nSPS) is 15.5. The molecule has 1 aromatic heterocycles. The Bertz CT molecular complexity index is 811. The standard InChI is InChI=1S/C19H31N7O6/c1-4-9(2)15(18(30)25-13(19(31)32)5-11-7-22-8-23-11)26-17(29)12(6-14(21)27)24-16(28)10(3)20/h7-10,12-13,15H,4-6,20H2,1-3H3,(H2,21,27)(H,22,23)(H,24,28)(H,25,30)(H,26,29)(H,31,32). The van der Waals surface area contributed by atoms with Crippen LogP contribution >= 0.6 is 0 Å². The van der Waals surface area contributed by atoms with Crippen LogP contribution in [-0.2, 0) is 30.4 Å². The molecule has 0 saturated heterocycles. The summed E-state index contributed by atoms with van der Waals surface area (Å²) in [4.78, 5) is 67.1. The molecule has 178 valence electrons. The van der Waals surface area contributed by atoms with Crippen LogP contribution in [0.25, 0.3) is 0 Å². The highest BCUT2D eigenvalue weighted by Crippen LogP contribution is 2.10. The minimum atomic E-state index is -1.34. The fourth-order valence-electron chi connectivity index (χ4n) is 2.75. The van der Waals surface area contributed by atoms with Crippen molar-refractivity contribution < 1.29 is 29.1 Å². The van der Waals surface area contributed by atoms with Gasteiger partial charge in [-0.1, -0.05) is 20.3 Å². The molecule has 1 heterocycles. The van der Waals surface area contributed by atoms with E-state index in [-0.39, 0.29) is 12.3 Å². The number of aromatic nitrogens is 2. The highest BCUT2D eigenvalue weighted by atomic mass is 16.4. The largest absolute Gasteiger partial charge is 0.480 e. The minimum Gasteiger partial charge on any atom is -0.480 e. The average Bonchev–Trinajstić information content (AvgIpc) is 3.22. The maximum atomic E-state index is 12.9. The van der Waals surface area contributed by atoms with Crippen LogP contribution in [0.3, 0.4) is 0 Å². The number of carboxylic acids is 1. The molecule has 1 aromatic rings. The third-order valence-electron chi connectivity index (χ3n) is 4.84. The zero-order chi connectivity index (χ0) is 24.4. The number of rotatable bonds is 13. The number of hydrogen-bond donors (Lipinski definition) is 7. The topological polar surface area (TPSA) is 222 Å². The number of carbonyl (C=O) groups excluding carboxylic acids is 4. The summed E-state index contributed by atoms with van der Waals surface area (Å²) in [5.41, 5.74) is 11.2. The van der Waals surface area contributed by atoms with E-state index in [1.54, 1.807) is 13.8 Å². The number of hydrogen-bond acceptors (Lipinski definition) is 7. The molecule has 13 heteroatoms. The van der Waals surface area contributed by atoms with Gasteiger partial charge in [0, 0.05) is 18.3 Å². The Morgan fingerprint density at radius 1 is 1.06 bits per heavy atom. The molecular weight excluding hydrogens is 422 g/mol. The number of imidazole rings is 1. The smallest absolute Gasteiger partial charge is 0.326 e. The van der Waals surface area contributed by atoms with Gasteiger partial charge < -0.3 is 37.5 Å². The molecule has 0 radical (unpaired) electrons. The molecule has 0 saturated carbocycles. The molecule has 32 heavy (non-hydrogen) atoms. The number of H-pyrrole nitrogens is 1. The molecule has 5 atom stereocenters. The Hall–Kier alpha value is -3.48. The Morgan fingerprint density at radius 2 is 1.69 bits per heavy atom. The molecule has 0 fully saturated rings. The van der Waals surface area contributed by atoms with Crippen molar-refractivity contribution in [3.05, 3.63) is 18.2 Å². The summed E-state index contributed by atoms with van der Waals surface area (Å²) >= 11 is 0. The van der Waals surface area contributed by atoms with Gasteiger partial charge in [0.15, 0.2) is 0 Å². The lowest BCUT2D eigenvalue weighted by atomic mass is 9.97. The van der Waals surface area contributed by atoms with Gasteiger partial charge >= 0.3 is 5.97 Å². The van der Waals surface area contributed by atoms with Crippen LogP contribution < -0.4 is 27.4 Å². The van der Waals surface area contributed by atoms with Gasteiger partial charge in [-0.2, -0.15) is 0 Å². The SMILES string of the molecule is CCC(C)C(NC(=O)C(CC(N)=O)NC(=O)C(C)N)C(=O)NC(Cc1cnc[nH]1)C(=O)O. The molecule has 0 aliphatic rings. The summed E-state index contributed by atoms with van der Waals surface area (Å²) in [6.45, 7) is 4.88. The third-order valence-corrected chi connectivity index (χ3v) is 4.84. The lowest BCUT2D eigenvalue weighted by Crippen LogP contribution is -2.59. The van der Waals surface area contributed by atoms with Gasteiger partial charge in [-0.3, -0.25) is 19.2 Å². The minimum absolute atomic E-state index is 0.0447. The van der Waals surface area contributed by atoms with Gasteiger partial charge in [0.25, 0.3) is 0 Å². The van der Waals surface area contributed by atoms with E-state index in [4.69, 9.17) is 11.5 Å². The number of nitrogens with two attached hydrogens (primary N) is 2. The van der Waals surface area contributed by atoms with Crippen molar-refractivity contribution in [1.29, 1.82) is 0 Å². The number of carboxylic acid groups (broad SMARTS) is 1. The van der Waals surface area contributed by atoms with Crippen LogP contribution in [0.5, 0.6) is 0 Å². The fourth-order valence-corrected chi connectivity index (χ4v) is 2.75. The van der Waals surface area contributed by atoms with E-state index in [9.17, 15) is 29.1 Å². The average molecular weight is 454 g/mol. The van der Waals surface area contributed by atoms with Crippen LogP contribution in [-0.4, -0.2) is 68.8 Å². The van der Waals surface area contributed by atoms with Crippen molar-refractivity contribution in [2.75, 3.05) is 0 Å². The van der Waals surface area contributed by atoms with Crippen LogP contribution in [0, 0.1) is 5.92 Å². The van der Waals surface area contributed by atoms with Crippen molar-refractivity contribution >= 4 is 29.6 Å². The van der Waals surface area contributed by atoms with Gasteiger partial charge in [-0.15, -0.1) is 0 Å². The predicted octanol–water partition coefficient (Wildman–Crippen LogP) is -2.24. The second-order valence-corrected chi connectivity index (χ2v) is 7.57. The summed E-state index contributed by atoms with van der Waals surface area (Å²) in [5.74, 6) is -4.72. The van der Waals surface area contributed by atoms with Crippen molar-refractivity contribution in [3.63, 3.8) is 0 Å². The molecule has 13 nitrogen and oxygen atoms in total. The number of nitrogens with one attached hydrogen (secondary N) is 4. The van der Waals surface area contributed by atoms with E-state index >= 15 is 0 Å². The Morgan fingerprint density at radius 3 is 2.16 bits per heavy atom. The lowest BCUT2D eigenvalue weighted by molar-refractivity contribution is -0.142. The zero-order valence-corrected chi connectivity index (χ0v) is 18.3. The summed E-state index contributed by atoms with van der Waals surface area (Å²) in [6, 6.07) is -4.68.